The predicted octanol–water partition coefficient (Wildman–Crippen LogP) is 3.56. The maximum Gasteiger partial charge on any atom is 0.409 e. The molecule has 0 aliphatic heterocycles. The molecule has 0 aliphatic carbocycles. The van der Waals surface area contributed by atoms with Gasteiger partial charge in [0.15, 0.2) is 17.7 Å². The third kappa shape index (κ3) is 8.33. The molecule has 3 aromatic rings. The van der Waals surface area contributed by atoms with Gasteiger partial charge in [0.2, 0.25) is 5.91 Å². The topological polar surface area (TPSA) is 130 Å². The quantitative estimate of drug-likeness (QED) is 0.315. The molecule has 1 atom stereocenters. The number of hydrogen-bond donors (Lipinski definition) is 1. The first-order valence-electron chi connectivity index (χ1n) is 13.9. The van der Waals surface area contributed by atoms with Crippen molar-refractivity contribution in [3.8, 4) is 0 Å². The number of allylic oxidation sites excluding steroid dienone is 1. The van der Waals surface area contributed by atoms with Crippen LogP contribution in [0.15, 0.2) is 29.2 Å². The third-order valence-electron chi connectivity index (χ3n) is 6.71. The van der Waals surface area contributed by atoms with Crippen LogP contribution in [0.3, 0.4) is 0 Å². The van der Waals surface area contributed by atoms with E-state index < -0.39 is 41.6 Å². The number of amides is 2. The fourth-order valence-corrected chi connectivity index (χ4v) is 4.32. The normalized spacial score (nSPS) is 12.2. The first kappa shape index (κ1) is 33.1. The summed E-state index contributed by atoms with van der Waals surface area (Å²) in [7, 11) is 6.11. The van der Waals surface area contributed by atoms with Gasteiger partial charge in [0.05, 0.1) is 29.6 Å². The number of ether oxygens (including phenoxy) is 1. The molecule has 0 saturated heterocycles. The van der Waals surface area contributed by atoms with Gasteiger partial charge in [0.25, 0.3) is 5.56 Å². The van der Waals surface area contributed by atoms with Crippen molar-refractivity contribution in [1.82, 2.24) is 29.3 Å². The van der Waals surface area contributed by atoms with Gasteiger partial charge in [-0.2, -0.15) is 0 Å². The van der Waals surface area contributed by atoms with E-state index in [0.717, 1.165) is 21.7 Å². The van der Waals surface area contributed by atoms with Crippen LogP contribution in [0.25, 0.3) is 11.0 Å². The summed E-state index contributed by atoms with van der Waals surface area (Å²) in [6.07, 6.45) is 2.36. The average molecular weight is 601 g/mol. The number of fused-ring (bicyclic) bond motifs is 1. The van der Waals surface area contributed by atoms with Crippen LogP contribution in [0.1, 0.15) is 49.5 Å². The molecule has 3 aromatic heterocycles. The molecule has 232 valence electrons. The molecule has 0 spiro atoms. The highest BCUT2D eigenvalue weighted by Gasteiger charge is 2.26. The molecule has 0 saturated carbocycles. The Bertz CT molecular complexity index is 1590. The molecule has 11 nitrogen and oxygen atoms in total. The number of carbonyl (C=O) groups excluding carboxylic acids is 3. The highest BCUT2D eigenvalue weighted by molar-refractivity contribution is 5.88. The summed E-state index contributed by atoms with van der Waals surface area (Å²) in [6, 6.07) is 0.996. The van der Waals surface area contributed by atoms with E-state index in [0.29, 0.717) is 17.6 Å². The number of H-pyrrole nitrogens is 1. The number of hydrogen-bond acceptors (Lipinski definition) is 7. The van der Waals surface area contributed by atoms with E-state index in [-0.39, 0.29) is 53.8 Å². The largest absolute Gasteiger partial charge is 0.438 e. The summed E-state index contributed by atoms with van der Waals surface area (Å²) in [5, 5.41) is 0. The number of pyridine rings is 2. The second-order valence-corrected chi connectivity index (χ2v) is 11.2. The van der Waals surface area contributed by atoms with E-state index in [9.17, 15) is 23.6 Å². The first-order chi connectivity index (χ1) is 20.2. The minimum atomic E-state index is -1.24. The lowest BCUT2D eigenvalue weighted by Crippen LogP contribution is -2.35. The summed E-state index contributed by atoms with van der Waals surface area (Å²) in [4.78, 5) is 64.8. The first-order valence-corrected chi connectivity index (χ1v) is 13.9. The molecule has 0 fully saturated rings. The Kier molecular flexibility index (Phi) is 10.9. The maximum absolute atomic E-state index is 15.0. The Hall–Kier alpha value is -4.42. The van der Waals surface area contributed by atoms with E-state index in [1.165, 1.54) is 32.0 Å². The standard InChI is InChI=1S/C30H38F2N6O5/c1-17(2)12-22-28-27(21(32)15-33-22)34-25(35-28)16-38-18(3)20(31)13-19(29(38)41)14-23(39)24(43-30(42)37(6)7)10-8-9-11-26(40)36(4)5/h9,11,13,15,17,24H,8,10,12,14,16H2,1-7H3,(H,34,35)/b11-9+/t24-/m0/s1. The van der Waals surface area contributed by atoms with Crippen molar-refractivity contribution in [2.45, 2.75) is 59.1 Å². The maximum atomic E-state index is 15.0. The van der Waals surface area contributed by atoms with Gasteiger partial charge in [-0.3, -0.25) is 19.4 Å². The number of carbonyl (C=O) groups is 3. The summed E-state index contributed by atoms with van der Waals surface area (Å²) in [5.41, 5.74) is 0.343. The average Bonchev–Trinajstić information content (AvgIpc) is 3.37. The van der Waals surface area contributed by atoms with E-state index in [1.54, 1.807) is 20.2 Å². The Morgan fingerprint density at radius 1 is 1.12 bits per heavy atom. The molecule has 3 rings (SSSR count). The molecule has 0 radical (unpaired) electrons. The number of aromatic amines is 1. The summed E-state index contributed by atoms with van der Waals surface area (Å²) in [5.74, 6) is -1.74. The number of nitrogens with one attached hydrogen (secondary N) is 1. The fraction of sp³-hybridized carbons (Fsp3) is 0.467. The van der Waals surface area contributed by atoms with Crippen molar-refractivity contribution in [2.24, 2.45) is 5.92 Å². The molecule has 13 heteroatoms. The number of imidazole rings is 1. The summed E-state index contributed by atoms with van der Waals surface area (Å²) < 4.78 is 36.0. The molecule has 3 heterocycles. The number of likely N-dealkylation sites (N-methyl/N-ethyl adjacent to an activating group) is 1. The highest BCUT2D eigenvalue weighted by Crippen LogP contribution is 2.21. The molecular weight excluding hydrogens is 562 g/mol. The van der Waals surface area contributed by atoms with Crippen LogP contribution >= 0.6 is 0 Å². The Morgan fingerprint density at radius 3 is 2.44 bits per heavy atom. The third-order valence-corrected chi connectivity index (χ3v) is 6.71. The zero-order valence-corrected chi connectivity index (χ0v) is 25.5. The van der Waals surface area contributed by atoms with Crippen molar-refractivity contribution in [2.75, 3.05) is 28.2 Å². The zero-order chi connectivity index (χ0) is 32.0. The van der Waals surface area contributed by atoms with Crippen LogP contribution in [0.4, 0.5) is 13.6 Å². The molecule has 0 aliphatic rings. The van der Waals surface area contributed by atoms with Crippen LogP contribution in [-0.4, -0.2) is 81.4 Å². The van der Waals surface area contributed by atoms with Crippen molar-refractivity contribution >= 4 is 28.8 Å². The van der Waals surface area contributed by atoms with Crippen LogP contribution < -0.4 is 5.56 Å². The molecule has 1 N–H and O–H groups in total. The van der Waals surface area contributed by atoms with Gasteiger partial charge in [-0.05, 0) is 44.2 Å². The number of ketones is 1. The number of nitrogens with zero attached hydrogens (tertiary/aromatic N) is 5. The predicted molar refractivity (Wildman–Crippen MR) is 157 cm³/mol. The molecule has 0 bridgehead atoms. The van der Waals surface area contributed by atoms with Crippen molar-refractivity contribution in [1.29, 1.82) is 0 Å². The van der Waals surface area contributed by atoms with E-state index in [2.05, 4.69) is 15.0 Å². The van der Waals surface area contributed by atoms with E-state index >= 15 is 4.39 Å². The minimum Gasteiger partial charge on any atom is -0.438 e. The Morgan fingerprint density at radius 2 is 1.81 bits per heavy atom. The Labute approximate surface area is 248 Å². The smallest absolute Gasteiger partial charge is 0.409 e. The van der Waals surface area contributed by atoms with Gasteiger partial charge in [-0.25, -0.2) is 18.6 Å². The lowest BCUT2D eigenvalue weighted by molar-refractivity contribution is -0.127. The van der Waals surface area contributed by atoms with Gasteiger partial charge >= 0.3 is 6.09 Å². The molecular formula is C30H38F2N6O5. The van der Waals surface area contributed by atoms with E-state index in [1.807, 2.05) is 13.8 Å². The van der Waals surface area contributed by atoms with Crippen molar-refractivity contribution in [3.63, 3.8) is 0 Å². The summed E-state index contributed by atoms with van der Waals surface area (Å²) >= 11 is 0. The van der Waals surface area contributed by atoms with Crippen molar-refractivity contribution in [3.05, 3.63) is 69.2 Å². The van der Waals surface area contributed by atoms with Crippen molar-refractivity contribution < 1.29 is 27.9 Å². The van der Waals surface area contributed by atoms with E-state index in [4.69, 9.17) is 4.74 Å². The molecule has 43 heavy (non-hydrogen) atoms. The van der Waals surface area contributed by atoms with Gasteiger partial charge < -0.3 is 24.1 Å². The zero-order valence-electron chi connectivity index (χ0n) is 25.5. The second-order valence-electron chi connectivity index (χ2n) is 11.2. The monoisotopic (exact) mass is 600 g/mol. The van der Waals surface area contributed by atoms with Crippen LogP contribution in [-0.2, 0) is 33.7 Å². The van der Waals surface area contributed by atoms with Gasteiger partial charge in [-0.15, -0.1) is 0 Å². The molecule has 0 aromatic carbocycles. The SMILES string of the molecule is Cc1c(F)cc(CC(=O)[C@H](CC/C=C/C(=O)N(C)C)OC(=O)N(C)C)c(=O)n1Cc1nc2c(F)cnc(CC(C)C)c2[nH]1. The lowest BCUT2D eigenvalue weighted by Gasteiger charge is -2.19. The Balaban J connectivity index is 1.90. The van der Waals surface area contributed by atoms with Crippen LogP contribution in [0.2, 0.25) is 0 Å². The highest BCUT2D eigenvalue weighted by atomic mass is 19.1. The number of rotatable bonds is 12. The fourth-order valence-electron chi connectivity index (χ4n) is 4.32. The summed E-state index contributed by atoms with van der Waals surface area (Å²) in [6.45, 7) is 5.21. The van der Waals surface area contributed by atoms with Gasteiger partial charge in [-0.1, -0.05) is 19.9 Å². The number of aromatic nitrogens is 4. The van der Waals surface area contributed by atoms with Gasteiger partial charge in [0, 0.05) is 40.2 Å². The molecule has 0 unspecified atom stereocenters. The van der Waals surface area contributed by atoms with Crippen LogP contribution in [0, 0.1) is 24.5 Å². The van der Waals surface area contributed by atoms with Crippen LogP contribution in [0.5, 0.6) is 0 Å². The molecule has 2 amide bonds. The number of Topliss-reactive ketones (excluding diaryl/α,β-unsaturated/α-hetero) is 1. The van der Waals surface area contributed by atoms with Gasteiger partial charge in [0.1, 0.15) is 17.2 Å². The minimum absolute atomic E-state index is 0.00828. The second kappa shape index (κ2) is 14.2. The number of halogens is 2. The lowest BCUT2D eigenvalue weighted by atomic mass is 10.0.